The van der Waals surface area contributed by atoms with Crippen molar-refractivity contribution in [2.75, 3.05) is 49.2 Å². The summed E-state index contributed by atoms with van der Waals surface area (Å²) in [5.74, 6) is -0.733. The van der Waals surface area contributed by atoms with E-state index in [0.717, 1.165) is 16.5 Å². The first-order valence-corrected chi connectivity index (χ1v) is 11.7. The van der Waals surface area contributed by atoms with Crippen molar-refractivity contribution in [3.05, 3.63) is 60.0 Å². The molecular formula is C25H28FN5O4. The van der Waals surface area contributed by atoms with E-state index in [1.165, 1.54) is 11.0 Å². The van der Waals surface area contributed by atoms with E-state index in [4.69, 9.17) is 15.2 Å². The number of fused-ring (bicyclic) bond motifs is 1. The standard InChI is InChI=1S/C25H28FN5O4/c26-20-12-17(5-6-23(20)30-7-9-34-10-8-30)31-15-18(35-25(31)33)14-29-24(32)21(27)11-16-13-28-22-4-2-1-3-19(16)22/h1-6,12-13,18,21,28H,7-11,14-15,27H2,(H,29,32)/t18?,21-/m1/s1. The normalized spacial score (nSPS) is 19.1. The molecule has 0 radical (unpaired) electrons. The number of aromatic amines is 1. The van der Waals surface area contributed by atoms with E-state index >= 15 is 0 Å². The van der Waals surface area contributed by atoms with Crippen LogP contribution in [0.25, 0.3) is 10.9 Å². The Morgan fingerprint density at radius 1 is 1.23 bits per heavy atom. The molecule has 9 nitrogen and oxygen atoms in total. The van der Waals surface area contributed by atoms with Gasteiger partial charge in [0, 0.05) is 30.2 Å². The van der Waals surface area contributed by atoms with Crippen LogP contribution in [0.5, 0.6) is 0 Å². The molecule has 0 bridgehead atoms. The zero-order valence-electron chi connectivity index (χ0n) is 19.2. The SMILES string of the molecule is N[C@H](Cc1c[nH]c2ccccc12)C(=O)NCC1CN(c2ccc(N3CCOCC3)c(F)c2)C(=O)O1. The Labute approximate surface area is 202 Å². The number of benzene rings is 2. The number of anilines is 2. The quantitative estimate of drug-likeness (QED) is 0.477. The maximum Gasteiger partial charge on any atom is 0.414 e. The fourth-order valence-corrected chi connectivity index (χ4v) is 4.54. The van der Waals surface area contributed by atoms with Gasteiger partial charge in [-0.05, 0) is 36.2 Å². The third-order valence-electron chi connectivity index (χ3n) is 6.42. The highest BCUT2D eigenvalue weighted by molar-refractivity contribution is 5.90. The lowest BCUT2D eigenvalue weighted by Crippen LogP contribution is -2.45. The topological polar surface area (TPSA) is 113 Å². The summed E-state index contributed by atoms with van der Waals surface area (Å²) in [7, 11) is 0. The molecule has 1 unspecified atom stereocenters. The Bertz CT molecular complexity index is 1230. The number of hydrogen-bond donors (Lipinski definition) is 3. The number of carbonyl (C=O) groups is 2. The number of nitrogens with zero attached hydrogens (tertiary/aromatic N) is 2. The zero-order valence-corrected chi connectivity index (χ0v) is 19.2. The summed E-state index contributed by atoms with van der Waals surface area (Å²) in [6, 6.07) is 11.8. The van der Waals surface area contributed by atoms with Crippen LogP contribution < -0.4 is 20.9 Å². The minimum Gasteiger partial charge on any atom is -0.442 e. The summed E-state index contributed by atoms with van der Waals surface area (Å²) >= 11 is 0. The van der Waals surface area contributed by atoms with E-state index in [9.17, 15) is 14.0 Å². The Hall–Kier alpha value is -3.63. The number of rotatable bonds is 7. The molecule has 3 heterocycles. The fraction of sp³-hybridized carbons (Fsp3) is 0.360. The van der Waals surface area contributed by atoms with Gasteiger partial charge in [-0.15, -0.1) is 0 Å². The molecule has 0 saturated carbocycles. The van der Waals surface area contributed by atoms with Gasteiger partial charge in [-0.1, -0.05) is 18.2 Å². The minimum absolute atomic E-state index is 0.122. The molecule has 2 aliphatic heterocycles. The molecule has 2 saturated heterocycles. The Balaban J connectivity index is 1.15. The molecule has 2 aliphatic rings. The van der Waals surface area contributed by atoms with Crippen molar-refractivity contribution in [3.8, 4) is 0 Å². The highest BCUT2D eigenvalue weighted by Gasteiger charge is 2.33. The maximum atomic E-state index is 14.8. The predicted molar refractivity (Wildman–Crippen MR) is 130 cm³/mol. The first-order valence-electron chi connectivity index (χ1n) is 11.7. The van der Waals surface area contributed by atoms with Gasteiger partial charge in [0.1, 0.15) is 11.9 Å². The molecule has 1 aromatic heterocycles. The monoisotopic (exact) mass is 481 g/mol. The molecule has 0 aliphatic carbocycles. The summed E-state index contributed by atoms with van der Waals surface area (Å²) < 4.78 is 25.5. The average molecular weight is 482 g/mol. The highest BCUT2D eigenvalue weighted by Crippen LogP contribution is 2.28. The van der Waals surface area contributed by atoms with Crippen molar-refractivity contribution in [1.82, 2.24) is 10.3 Å². The highest BCUT2D eigenvalue weighted by atomic mass is 19.1. The Kier molecular flexibility index (Phi) is 6.56. The first kappa shape index (κ1) is 23.1. The molecule has 2 fully saturated rings. The van der Waals surface area contributed by atoms with Crippen LogP contribution in [0.3, 0.4) is 0 Å². The fourth-order valence-electron chi connectivity index (χ4n) is 4.54. The Morgan fingerprint density at radius 2 is 2.03 bits per heavy atom. The number of nitrogens with two attached hydrogens (primary N) is 1. The molecule has 5 rings (SSSR count). The summed E-state index contributed by atoms with van der Waals surface area (Å²) in [5, 5.41) is 3.80. The van der Waals surface area contributed by atoms with Crippen LogP contribution in [-0.2, 0) is 20.7 Å². The number of H-pyrrole nitrogens is 1. The van der Waals surface area contributed by atoms with E-state index in [0.29, 0.717) is 44.1 Å². The van der Waals surface area contributed by atoms with Crippen molar-refractivity contribution >= 4 is 34.3 Å². The summed E-state index contributed by atoms with van der Waals surface area (Å²) in [5.41, 5.74) is 8.97. The number of aromatic nitrogens is 1. The number of nitrogens with one attached hydrogen (secondary N) is 2. The number of carbonyl (C=O) groups excluding carboxylic acids is 2. The molecule has 10 heteroatoms. The van der Waals surface area contributed by atoms with Gasteiger partial charge in [0.15, 0.2) is 0 Å². The zero-order chi connectivity index (χ0) is 24.4. The van der Waals surface area contributed by atoms with Crippen LogP contribution in [-0.4, -0.2) is 68.5 Å². The average Bonchev–Trinajstić information content (AvgIpc) is 3.46. The third-order valence-corrected chi connectivity index (χ3v) is 6.42. The first-order chi connectivity index (χ1) is 17.0. The maximum absolute atomic E-state index is 14.8. The van der Waals surface area contributed by atoms with Crippen LogP contribution in [0.2, 0.25) is 0 Å². The molecule has 35 heavy (non-hydrogen) atoms. The molecule has 184 valence electrons. The smallest absolute Gasteiger partial charge is 0.414 e. The summed E-state index contributed by atoms with van der Waals surface area (Å²) in [4.78, 5) is 31.4. The van der Waals surface area contributed by atoms with Gasteiger partial charge in [0.2, 0.25) is 5.91 Å². The van der Waals surface area contributed by atoms with Crippen LogP contribution >= 0.6 is 0 Å². The molecule has 4 N–H and O–H groups in total. The second-order valence-electron chi connectivity index (χ2n) is 8.77. The molecular weight excluding hydrogens is 453 g/mol. The number of morpholine rings is 1. The van der Waals surface area contributed by atoms with Gasteiger partial charge < -0.3 is 30.4 Å². The third kappa shape index (κ3) is 4.94. The minimum atomic E-state index is -0.746. The van der Waals surface area contributed by atoms with Crippen molar-refractivity contribution in [3.63, 3.8) is 0 Å². The molecule has 0 spiro atoms. The van der Waals surface area contributed by atoms with Crippen molar-refractivity contribution in [2.45, 2.75) is 18.6 Å². The number of cyclic esters (lactones) is 1. The van der Waals surface area contributed by atoms with Gasteiger partial charge in [-0.3, -0.25) is 9.69 Å². The lowest BCUT2D eigenvalue weighted by atomic mass is 10.1. The van der Waals surface area contributed by atoms with Gasteiger partial charge in [-0.2, -0.15) is 0 Å². The van der Waals surface area contributed by atoms with Crippen LogP contribution in [0, 0.1) is 5.82 Å². The number of amides is 2. The van der Waals surface area contributed by atoms with E-state index in [-0.39, 0.29) is 19.0 Å². The molecule has 3 aromatic rings. The number of halogens is 1. The predicted octanol–water partition coefficient (Wildman–Crippen LogP) is 2.15. The van der Waals surface area contributed by atoms with Crippen LogP contribution in [0.1, 0.15) is 5.56 Å². The summed E-state index contributed by atoms with van der Waals surface area (Å²) in [6.45, 7) is 2.67. The molecule has 2 aromatic carbocycles. The van der Waals surface area contributed by atoms with Crippen LogP contribution in [0.4, 0.5) is 20.6 Å². The van der Waals surface area contributed by atoms with Gasteiger partial charge >= 0.3 is 6.09 Å². The Morgan fingerprint density at radius 3 is 2.83 bits per heavy atom. The van der Waals surface area contributed by atoms with Gasteiger partial charge in [0.05, 0.1) is 43.7 Å². The second kappa shape index (κ2) is 9.93. The van der Waals surface area contributed by atoms with E-state index in [1.807, 2.05) is 35.4 Å². The second-order valence-corrected chi connectivity index (χ2v) is 8.77. The summed E-state index contributed by atoms with van der Waals surface area (Å²) in [6.07, 6.45) is 1.10. The number of para-hydroxylation sites is 1. The van der Waals surface area contributed by atoms with Gasteiger partial charge in [-0.25, -0.2) is 9.18 Å². The van der Waals surface area contributed by atoms with E-state index in [1.54, 1.807) is 12.1 Å². The molecule has 2 amide bonds. The number of ether oxygens (including phenoxy) is 2. The van der Waals surface area contributed by atoms with E-state index in [2.05, 4.69) is 10.3 Å². The number of hydrogen-bond acceptors (Lipinski definition) is 6. The van der Waals surface area contributed by atoms with Gasteiger partial charge in [0.25, 0.3) is 0 Å². The van der Waals surface area contributed by atoms with Crippen molar-refractivity contribution in [1.29, 1.82) is 0 Å². The van der Waals surface area contributed by atoms with E-state index < -0.39 is 24.1 Å². The van der Waals surface area contributed by atoms with Crippen molar-refractivity contribution < 1.29 is 23.5 Å². The lowest BCUT2D eigenvalue weighted by Gasteiger charge is -2.29. The van der Waals surface area contributed by atoms with Crippen molar-refractivity contribution in [2.24, 2.45) is 5.73 Å². The van der Waals surface area contributed by atoms with Crippen LogP contribution in [0.15, 0.2) is 48.7 Å². The largest absolute Gasteiger partial charge is 0.442 e. The molecule has 2 atom stereocenters. The lowest BCUT2D eigenvalue weighted by molar-refractivity contribution is -0.122.